The number of benzene rings is 2. The van der Waals surface area contributed by atoms with Crippen LogP contribution in [0.5, 0.6) is 5.75 Å². The summed E-state index contributed by atoms with van der Waals surface area (Å²) >= 11 is 1.64. The molecule has 0 unspecified atom stereocenters. The Morgan fingerprint density at radius 2 is 1.78 bits per heavy atom. The Balaban J connectivity index is 1.70. The number of sulfone groups is 1. The molecule has 0 radical (unpaired) electrons. The lowest BCUT2D eigenvalue weighted by Gasteiger charge is -2.27. The predicted molar refractivity (Wildman–Crippen MR) is 153 cm³/mol. The number of fused-ring (bicyclic) bond motifs is 1. The molecule has 0 N–H and O–H groups in total. The highest BCUT2D eigenvalue weighted by molar-refractivity contribution is 7.98. The minimum Gasteiger partial charge on any atom is -0.492 e. The number of hydrogen-bond acceptors (Lipinski definition) is 8. The Kier molecular flexibility index (Phi) is 9.34. The molecule has 0 bridgehead atoms. The molecule has 7 nitrogen and oxygen atoms in total. The number of nitrogens with zero attached hydrogens (tertiary/aromatic N) is 4. The van der Waals surface area contributed by atoms with Crippen LogP contribution in [-0.2, 0) is 9.84 Å². The van der Waals surface area contributed by atoms with Gasteiger partial charge in [0.25, 0.3) is 0 Å². The van der Waals surface area contributed by atoms with Crippen LogP contribution in [0.15, 0.2) is 63.3 Å². The Morgan fingerprint density at radius 3 is 2.49 bits per heavy atom. The lowest BCUT2D eigenvalue weighted by molar-refractivity contribution is 0.222. The molecule has 2 aromatic carbocycles. The molecule has 1 aliphatic heterocycles. The van der Waals surface area contributed by atoms with Crippen molar-refractivity contribution in [3.8, 4) is 5.75 Å². The topological polar surface area (TPSA) is 66.0 Å². The smallest absolute Gasteiger partial charge is 0.210 e. The fourth-order valence-electron chi connectivity index (χ4n) is 4.73. The summed E-state index contributed by atoms with van der Waals surface area (Å²) in [5, 5.41) is 0.883. The Labute approximate surface area is 225 Å². The molecule has 0 amide bonds. The lowest BCUT2D eigenvalue weighted by atomic mass is 10.1. The van der Waals surface area contributed by atoms with E-state index in [1.165, 1.54) is 6.20 Å². The van der Waals surface area contributed by atoms with Crippen molar-refractivity contribution in [1.82, 2.24) is 14.8 Å². The van der Waals surface area contributed by atoms with Crippen molar-refractivity contribution in [3.63, 3.8) is 0 Å². The number of thioether (sulfide) groups is 1. The number of hydrogen-bond donors (Lipinski definition) is 0. The molecule has 0 aliphatic carbocycles. The van der Waals surface area contributed by atoms with Crippen LogP contribution in [0, 0.1) is 0 Å². The standard InChI is InChI=1S/C28H38N4O3S2/c1-5-31(6-2)18-19-35-22-8-11-24(12-9-22)37(33,34)27-21-29-26-13-10-23(36-4)20-25(26)28(27)32-15-7-14-30(3)16-17-32/h8-13,20-21H,5-7,14-19H2,1-4H3. The first-order valence-corrected chi connectivity index (χ1v) is 15.7. The molecule has 1 saturated heterocycles. The fourth-order valence-corrected chi connectivity index (χ4v) is 6.61. The number of anilines is 1. The Hall–Kier alpha value is -2.33. The summed E-state index contributed by atoms with van der Waals surface area (Å²) in [7, 11) is -1.69. The molecule has 0 atom stereocenters. The van der Waals surface area contributed by atoms with E-state index >= 15 is 0 Å². The molecule has 37 heavy (non-hydrogen) atoms. The van der Waals surface area contributed by atoms with Gasteiger partial charge in [-0.2, -0.15) is 0 Å². The molecular weight excluding hydrogens is 504 g/mol. The second kappa shape index (κ2) is 12.5. The van der Waals surface area contributed by atoms with E-state index in [0.717, 1.165) is 73.7 Å². The minimum absolute atomic E-state index is 0.249. The number of likely N-dealkylation sites (N-methyl/N-ethyl adjacent to an activating group) is 2. The average molecular weight is 543 g/mol. The van der Waals surface area contributed by atoms with Crippen LogP contribution in [0.3, 0.4) is 0 Å². The monoisotopic (exact) mass is 542 g/mol. The summed E-state index contributed by atoms with van der Waals surface area (Å²) in [6.07, 6.45) is 4.54. The van der Waals surface area contributed by atoms with Gasteiger partial charge in [0.1, 0.15) is 17.3 Å². The van der Waals surface area contributed by atoms with E-state index in [9.17, 15) is 8.42 Å². The predicted octanol–water partition coefficient (Wildman–Crippen LogP) is 4.65. The maximum absolute atomic E-state index is 14.0. The molecule has 1 aliphatic rings. The molecule has 1 fully saturated rings. The van der Waals surface area contributed by atoms with Gasteiger partial charge in [-0.1, -0.05) is 13.8 Å². The van der Waals surface area contributed by atoms with Crippen LogP contribution < -0.4 is 9.64 Å². The van der Waals surface area contributed by atoms with Gasteiger partial charge in [-0.05, 0) is 81.8 Å². The molecule has 200 valence electrons. The van der Waals surface area contributed by atoms with Crippen molar-refractivity contribution in [2.75, 3.05) is 70.6 Å². The molecule has 9 heteroatoms. The summed E-state index contributed by atoms with van der Waals surface area (Å²) in [5.41, 5.74) is 1.57. The van der Waals surface area contributed by atoms with Crippen molar-refractivity contribution in [3.05, 3.63) is 48.7 Å². The first-order valence-electron chi connectivity index (χ1n) is 13.0. The Morgan fingerprint density at radius 1 is 1.03 bits per heavy atom. The summed E-state index contributed by atoms with van der Waals surface area (Å²) in [4.78, 5) is 13.0. The molecule has 4 rings (SSSR count). The van der Waals surface area contributed by atoms with Gasteiger partial charge in [-0.3, -0.25) is 4.98 Å². The zero-order valence-electron chi connectivity index (χ0n) is 22.3. The van der Waals surface area contributed by atoms with Gasteiger partial charge >= 0.3 is 0 Å². The SMILES string of the molecule is CCN(CC)CCOc1ccc(S(=O)(=O)c2cnc3ccc(SC)cc3c2N2CCCN(C)CC2)cc1. The summed E-state index contributed by atoms with van der Waals surface area (Å²) in [6.45, 7) is 11.1. The van der Waals surface area contributed by atoms with Gasteiger partial charge < -0.3 is 19.4 Å². The van der Waals surface area contributed by atoms with Gasteiger partial charge in [-0.25, -0.2) is 8.42 Å². The normalized spacial score (nSPS) is 15.3. The van der Waals surface area contributed by atoms with E-state index in [1.807, 2.05) is 18.4 Å². The number of rotatable bonds is 10. The molecule has 0 saturated carbocycles. The summed E-state index contributed by atoms with van der Waals surface area (Å²) in [5.74, 6) is 0.670. The van der Waals surface area contributed by atoms with Crippen LogP contribution in [0.25, 0.3) is 10.9 Å². The first-order chi connectivity index (χ1) is 17.9. The third kappa shape index (κ3) is 6.39. The fraction of sp³-hybridized carbons (Fsp3) is 0.464. The highest BCUT2D eigenvalue weighted by atomic mass is 32.2. The summed E-state index contributed by atoms with van der Waals surface area (Å²) < 4.78 is 33.9. The molecule has 1 aromatic heterocycles. The largest absolute Gasteiger partial charge is 0.492 e. The van der Waals surface area contributed by atoms with Crippen LogP contribution >= 0.6 is 11.8 Å². The third-order valence-corrected chi connectivity index (χ3v) is 9.54. The molecule has 0 spiro atoms. The highest BCUT2D eigenvalue weighted by Crippen LogP contribution is 2.38. The number of ether oxygens (including phenoxy) is 1. The molecule has 3 aromatic rings. The van der Waals surface area contributed by atoms with Gasteiger partial charge in [0.05, 0.1) is 16.1 Å². The maximum Gasteiger partial charge on any atom is 0.210 e. The Bertz CT molecular complexity index is 1290. The second-order valence-corrected chi connectivity index (χ2v) is 12.1. The summed E-state index contributed by atoms with van der Waals surface area (Å²) in [6, 6.07) is 12.9. The van der Waals surface area contributed by atoms with Crippen molar-refractivity contribution in [2.45, 2.75) is 35.0 Å². The third-order valence-electron chi connectivity index (χ3n) is 7.04. The zero-order chi connectivity index (χ0) is 26.4. The van der Waals surface area contributed by atoms with Crippen LogP contribution in [0.4, 0.5) is 5.69 Å². The van der Waals surface area contributed by atoms with Crippen molar-refractivity contribution < 1.29 is 13.2 Å². The van der Waals surface area contributed by atoms with E-state index < -0.39 is 9.84 Å². The van der Waals surface area contributed by atoms with E-state index in [2.05, 4.69) is 46.6 Å². The number of aromatic nitrogens is 1. The van der Waals surface area contributed by atoms with E-state index in [-0.39, 0.29) is 9.79 Å². The molecular formula is C28H38N4O3S2. The van der Waals surface area contributed by atoms with Gasteiger partial charge in [0, 0.05) is 42.7 Å². The first kappa shape index (κ1) is 27.7. The van der Waals surface area contributed by atoms with Crippen molar-refractivity contribution in [1.29, 1.82) is 0 Å². The number of pyridine rings is 1. The lowest BCUT2D eigenvalue weighted by Crippen LogP contribution is -2.30. The minimum atomic E-state index is -3.80. The maximum atomic E-state index is 14.0. The highest BCUT2D eigenvalue weighted by Gasteiger charge is 2.28. The molecule has 2 heterocycles. The van der Waals surface area contributed by atoms with Crippen LogP contribution in [-0.4, -0.2) is 88.9 Å². The zero-order valence-corrected chi connectivity index (χ0v) is 23.9. The quantitative estimate of drug-likeness (QED) is 0.343. The average Bonchev–Trinajstić information content (AvgIpc) is 3.14. The van der Waals surface area contributed by atoms with E-state index in [0.29, 0.717) is 12.4 Å². The van der Waals surface area contributed by atoms with Crippen molar-refractivity contribution in [2.24, 2.45) is 0 Å². The van der Waals surface area contributed by atoms with Gasteiger partial charge in [0.2, 0.25) is 9.84 Å². The van der Waals surface area contributed by atoms with Gasteiger partial charge in [0.15, 0.2) is 0 Å². The van der Waals surface area contributed by atoms with Crippen LogP contribution in [0.2, 0.25) is 0 Å². The van der Waals surface area contributed by atoms with Crippen molar-refractivity contribution >= 4 is 38.2 Å². The van der Waals surface area contributed by atoms with Gasteiger partial charge in [-0.15, -0.1) is 11.8 Å². The van der Waals surface area contributed by atoms with E-state index in [1.54, 1.807) is 36.0 Å². The van der Waals surface area contributed by atoms with Crippen LogP contribution in [0.1, 0.15) is 20.3 Å². The van der Waals surface area contributed by atoms with E-state index in [4.69, 9.17) is 4.74 Å². The second-order valence-electron chi connectivity index (χ2n) is 9.35.